The molecule has 0 bridgehead atoms. The molecule has 4 rings (SSSR count). The Hall–Kier alpha value is -3.12. The molecule has 0 spiro atoms. The molecule has 6 nitrogen and oxygen atoms in total. The van der Waals surface area contributed by atoms with E-state index in [4.69, 9.17) is 0 Å². The van der Waals surface area contributed by atoms with Crippen molar-refractivity contribution in [2.75, 3.05) is 28.7 Å². The Morgan fingerprint density at radius 1 is 1.17 bits per heavy atom. The molecule has 2 aromatic rings. The lowest BCUT2D eigenvalue weighted by atomic mass is 9.94. The summed E-state index contributed by atoms with van der Waals surface area (Å²) < 4.78 is 0. The molecule has 1 aliphatic carbocycles. The summed E-state index contributed by atoms with van der Waals surface area (Å²) in [6.45, 7) is 4.18. The lowest BCUT2D eigenvalue weighted by Gasteiger charge is -2.35. The molecule has 0 aromatic heterocycles. The zero-order valence-corrected chi connectivity index (χ0v) is 17.6. The van der Waals surface area contributed by atoms with Gasteiger partial charge in [-0.25, -0.2) is 0 Å². The molecular formula is C24H27N3O3. The molecular weight excluding hydrogens is 378 g/mol. The number of rotatable bonds is 5. The van der Waals surface area contributed by atoms with Crippen LogP contribution in [0.1, 0.15) is 42.6 Å². The van der Waals surface area contributed by atoms with Crippen LogP contribution in [-0.2, 0) is 4.79 Å². The van der Waals surface area contributed by atoms with E-state index in [1.165, 1.54) is 12.5 Å². The fourth-order valence-electron chi connectivity index (χ4n) is 4.02. The van der Waals surface area contributed by atoms with Gasteiger partial charge in [0.25, 0.3) is 5.91 Å². The Kier molecular flexibility index (Phi) is 5.35. The van der Waals surface area contributed by atoms with Crippen LogP contribution in [-0.4, -0.2) is 36.7 Å². The molecule has 1 aliphatic heterocycles. The molecule has 1 fully saturated rings. The van der Waals surface area contributed by atoms with E-state index < -0.39 is 6.23 Å². The van der Waals surface area contributed by atoms with Crippen LogP contribution >= 0.6 is 0 Å². The molecule has 1 saturated carbocycles. The largest absolute Gasteiger partial charge is 0.370 e. The summed E-state index contributed by atoms with van der Waals surface area (Å²) in [4.78, 5) is 27.8. The van der Waals surface area contributed by atoms with E-state index >= 15 is 0 Å². The third-order valence-corrected chi connectivity index (χ3v) is 5.75. The standard InChI is InChI=1S/C24H27N3O3/c1-4-27-22-12-11-19(13-21(22)20(14-23(27)29)16-5-6-16)26(3)24(30)17-7-9-18(10-8-17)25-15(2)28/h7-14,16,23,29H,4-6H2,1-3H3,(H,25,28). The van der Waals surface area contributed by atoms with E-state index in [2.05, 4.69) is 11.4 Å². The highest BCUT2D eigenvalue weighted by Gasteiger charge is 2.34. The van der Waals surface area contributed by atoms with Crippen LogP contribution < -0.4 is 15.1 Å². The number of anilines is 3. The first kappa shape index (κ1) is 20.2. The van der Waals surface area contributed by atoms with E-state index in [1.54, 1.807) is 36.2 Å². The number of carbonyl (C=O) groups is 2. The number of aliphatic hydroxyl groups is 1. The number of aliphatic hydroxyl groups excluding tert-OH is 1. The Labute approximate surface area is 176 Å². The first-order valence-electron chi connectivity index (χ1n) is 10.4. The predicted octanol–water partition coefficient (Wildman–Crippen LogP) is 3.87. The summed E-state index contributed by atoms with van der Waals surface area (Å²) in [5, 5.41) is 13.2. The van der Waals surface area contributed by atoms with Crippen molar-refractivity contribution in [2.24, 2.45) is 5.92 Å². The van der Waals surface area contributed by atoms with E-state index in [1.807, 2.05) is 30.0 Å². The molecule has 2 aromatic carbocycles. The topological polar surface area (TPSA) is 72.9 Å². The van der Waals surface area contributed by atoms with Crippen molar-refractivity contribution in [1.82, 2.24) is 0 Å². The third kappa shape index (κ3) is 3.83. The molecule has 156 valence electrons. The van der Waals surface area contributed by atoms with Gasteiger partial charge >= 0.3 is 0 Å². The predicted molar refractivity (Wildman–Crippen MR) is 120 cm³/mol. The average Bonchev–Trinajstić information content (AvgIpc) is 3.57. The van der Waals surface area contributed by atoms with Gasteiger partial charge in [-0.2, -0.15) is 0 Å². The number of likely N-dealkylation sites (N-methyl/N-ethyl adjacent to an activating group) is 1. The summed E-state index contributed by atoms with van der Waals surface area (Å²) in [5.74, 6) is 0.227. The Morgan fingerprint density at radius 2 is 1.87 bits per heavy atom. The number of nitrogens with one attached hydrogen (secondary N) is 1. The summed E-state index contributed by atoms with van der Waals surface area (Å²) in [7, 11) is 1.77. The number of amides is 2. The average molecular weight is 405 g/mol. The lowest BCUT2D eigenvalue weighted by Crippen LogP contribution is -2.37. The summed E-state index contributed by atoms with van der Waals surface area (Å²) in [6.07, 6.45) is 3.63. The number of nitrogens with zero attached hydrogens (tertiary/aromatic N) is 2. The van der Waals surface area contributed by atoms with Crippen LogP contribution in [0.2, 0.25) is 0 Å². The van der Waals surface area contributed by atoms with Gasteiger partial charge in [0.05, 0.1) is 0 Å². The van der Waals surface area contributed by atoms with Crippen LogP contribution in [0.3, 0.4) is 0 Å². The van der Waals surface area contributed by atoms with Gasteiger partial charge in [-0.3, -0.25) is 9.59 Å². The molecule has 2 aliphatic rings. The minimum absolute atomic E-state index is 0.121. The van der Waals surface area contributed by atoms with Crippen molar-refractivity contribution >= 4 is 34.4 Å². The smallest absolute Gasteiger partial charge is 0.258 e. The second-order valence-electron chi connectivity index (χ2n) is 7.92. The van der Waals surface area contributed by atoms with Gasteiger partial charge < -0.3 is 20.2 Å². The highest BCUT2D eigenvalue weighted by atomic mass is 16.3. The number of fused-ring (bicyclic) bond motifs is 1. The second kappa shape index (κ2) is 7.95. The molecule has 0 radical (unpaired) electrons. The van der Waals surface area contributed by atoms with Crippen LogP contribution in [0.5, 0.6) is 0 Å². The van der Waals surface area contributed by atoms with E-state index in [0.717, 1.165) is 29.8 Å². The van der Waals surface area contributed by atoms with Gasteiger partial charge in [-0.05, 0) is 79.8 Å². The van der Waals surface area contributed by atoms with Crippen molar-refractivity contribution in [3.05, 3.63) is 59.7 Å². The molecule has 2 N–H and O–H groups in total. The molecule has 1 unspecified atom stereocenters. The quantitative estimate of drug-likeness (QED) is 0.792. The molecule has 6 heteroatoms. The Bertz CT molecular complexity index is 1010. The minimum atomic E-state index is -0.606. The molecule has 1 atom stereocenters. The number of benzene rings is 2. The molecule has 0 saturated heterocycles. The summed E-state index contributed by atoms with van der Waals surface area (Å²) in [6, 6.07) is 12.9. The zero-order chi connectivity index (χ0) is 21.4. The van der Waals surface area contributed by atoms with E-state index in [-0.39, 0.29) is 11.8 Å². The van der Waals surface area contributed by atoms with Gasteiger partial charge in [0, 0.05) is 48.7 Å². The lowest BCUT2D eigenvalue weighted by molar-refractivity contribution is -0.114. The van der Waals surface area contributed by atoms with Crippen LogP contribution in [0.25, 0.3) is 5.57 Å². The fourth-order valence-corrected chi connectivity index (χ4v) is 4.02. The van der Waals surface area contributed by atoms with Crippen molar-refractivity contribution in [3.8, 4) is 0 Å². The van der Waals surface area contributed by atoms with Gasteiger partial charge in [-0.1, -0.05) is 0 Å². The zero-order valence-electron chi connectivity index (χ0n) is 17.6. The summed E-state index contributed by atoms with van der Waals surface area (Å²) >= 11 is 0. The highest BCUT2D eigenvalue weighted by Crippen LogP contribution is 2.48. The number of hydrogen-bond donors (Lipinski definition) is 2. The van der Waals surface area contributed by atoms with Crippen LogP contribution in [0, 0.1) is 5.92 Å². The van der Waals surface area contributed by atoms with E-state index in [0.29, 0.717) is 23.7 Å². The maximum absolute atomic E-state index is 13.0. The van der Waals surface area contributed by atoms with Gasteiger partial charge in [0.2, 0.25) is 5.91 Å². The monoisotopic (exact) mass is 405 g/mol. The van der Waals surface area contributed by atoms with E-state index in [9.17, 15) is 14.7 Å². The Morgan fingerprint density at radius 3 is 2.47 bits per heavy atom. The molecule has 30 heavy (non-hydrogen) atoms. The SMILES string of the molecule is CCN1c2ccc(N(C)C(=O)c3ccc(NC(C)=O)cc3)cc2C(C2CC2)=CC1O. The van der Waals surface area contributed by atoms with Gasteiger partial charge in [-0.15, -0.1) is 0 Å². The molecule has 2 amide bonds. The first-order chi connectivity index (χ1) is 14.4. The fraction of sp³-hybridized carbons (Fsp3) is 0.333. The van der Waals surface area contributed by atoms with Crippen molar-refractivity contribution in [1.29, 1.82) is 0 Å². The van der Waals surface area contributed by atoms with Gasteiger partial charge in [0.15, 0.2) is 0 Å². The maximum atomic E-state index is 13.0. The number of allylic oxidation sites excluding steroid dienone is 1. The maximum Gasteiger partial charge on any atom is 0.258 e. The van der Waals surface area contributed by atoms with Crippen molar-refractivity contribution in [3.63, 3.8) is 0 Å². The normalized spacial score (nSPS) is 17.8. The van der Waals surface area contributed by atoms with Crippen molar-refractivity contribution < 1.29 is 14.7 Å². The number of hydrogen-bond acceptors (Lipinski definition) is 4. The van der Waals surface area contributed by atoms with Crippen LogP contribution in [0.4, 0.5) is 17.1 Å². The van der Waals surface area contributed by atoms with Crippen LogP contribution in [0.15, 0.2) is 48.5 Å². The van der Waals surface area contributed by atoms with Gasteiger partial charge in [0.1, 0.15) is 6.23 Å². The summed E-state index contributed by atoms with van der Waals surface area (Å²) in [5.41, 5.74) is 5.32. The van der Waals surface area contributed by atoms with Crippen molar-refractivity contribution in [2.45, 2.75) is 32.9 Å². The molecule has 1 heterocycles. The first-order valence-corrected chi connectivity index (χ1v) is 10.4. The minimum Gasteiger partial charge on any atom is -0.370 e. The Balaban J connectivity index is 1.62. The second-order valence-corrected chi connectivity index (χ2v) is 7.92. The third-order valence-electron chi connectivity index (χ3n) is 5.75. The number of carbonyl (C=O) groups excluding carboxylic acids is 2. The highest BCUT2D eigenvalue weighted by molar-refractivity contribution is 6.06.